The zero-order valence-corrected chi connectivity index (χ0v) is 13.0. The van der Waals surface area contributed by atoms with Gasteiger partial charge >= 0.3 is 6.03 Å². The van der Waals surface area contributed by atoms with Gasteiger partial charge in [0.1, 0.15) is 0 Å². The quantitative estimate of drug-likeness (QED) is 0.910. The van der Waals surface area contributed by atoms with Gasteiger partial charge in [-0.25, -0.2) is 4.79 Å². The molecular formula is C17H21N5O. The first kappa shape index (κ1) is 15.3. The monoisotopic (exact) mass is 311 g/mol. The Morgan fingerprint density at radius 1 is 0.870 bits per heavy atom. The molecule has 1 aromatic carbocycles. The zero-order valence-electron chi connectivity index (χ0n) is 13.0. The molecule has 1 aromatic heterocycles. The van der Waals surface area contributed by atoms with Gasteiger partial charge in [0.25, 0.3) is 0 Å². The third-order valence-electron chi connectivity index (χ3n) is 3.85. The Morgan fingerprint density at radius 3 is 2.26 bits per heavy atom. The smallest absolute Gasteiger partial charge is 0.324 e. The van der Waals surface area contributed by atoms with Gasteiger partial charge in [0.15, 0.2) is 11.6 Å². The molecule has 6 nitrogen and oxygen atoms in total. The van der Waals surface area contributed by atoms with Gasteiger partial charge in [0.2, 0.25) is 0 Å². The highest BCUT2D eigenvalue weighted by atomic mass is 16.2. The second kappa shape index (κ2) is 7.58. The van der Waals surface area contributed by atoms with Crippen LogP contribution in [0.5, 0.6) is 0 Å². The molecule has 1 fully saturated rings. The normalized spacial score (nSPS) is 14.9. The van der Waals surface area contributed by atoms with Gasteiger partial charge in [-0.05, 0) is 37.1 Å². The molecule has 2 heterocycles. The van der Waals surface area contributed by atoms with Crippen LogP contribution in [0.3, 0.4) is 0 Å². The van der Waals surface area contributed by atoms with E-state index in [4.69, 9.17) is 0 Å². The SMILES string of the molecule is O=C(Nc1ccccc1)Nc1ccc(N2CCCCCC2)nn1. The number of carbonyl (C=O) groups is 1. The van der Waals surface area contributed by atoms with Crippen molar-refractivity contribution >= 4 is 23.4 Å². The molecule has 1 saturated heterocycles. The molecule has 0 bridgehead atoms. The number of carbonyl (C=O) groups excluding carboxylic acids is 1. The van der Waals surface area contributed by atoms with E-state index in [0.29, 0.717) is 5.82 Å². The van der Waals surface area contributed by atoms with Gasteiger partial charge < -0.3 is 10.2 Å². The van der Waals surface area contributed by atoms with Gasteiger partial charge in [-0.2, -0.15) is 0 Å². The van der Waals surface area contributed by atoms with Crippen molar-refractivity contribution in [3.8, 4) is 0 Å². The standard InChI is InChI=1S/C17H21N5O/c23-17(18-14-8-4-3-5-9-14)19-15-10-11-16(21-20-15)22-12-6-1-2-7-13-22/h3-5,8-11H,1-2,6-7,12-13H2,(H2,18,19,20,23). The molecular weight excluding hydrogens is 290 g/mol. The molecule has 0 spiro atoms. The Balaban J connectivity index is 1.57. The highest BCUT2D eigenvalue weighted by molar-refractivity contribution is 5.99. The predicted molar refractivity (Wildman–Crippen MR) is 91.8 cm³/mol. The number of benzene rings is 1. The number of anilines is 3. The average molecular weight is 311 g/mol. The highest BCUT2D eigenvalue weighted by Gasteiger charge is 2.12. The van der Waals surface area contributed by atoms with Crippen LogP contribution in [-0.2, 0) is 0 Å². The van der Waals surface area contributed by atoms with Crippen LogP contribution in [0.1, 0.15) is 25.7 Å². The molecule has 1 aliphatic rings. The van der Waals surface area contributed by atoms with E-state index in [1.54, 1.807) is 6.07 Å². The molecule has 2 aromatic rings. The summed E-state index contributed by atoms with van der Waals surface area (Å²) in [4.78, 5) is 14.2. The van der Waals surface area contributed by atoms with Gasteiger partial charge in [-0.15, -0.1) is 10.2 Å². The topological polar surface area (TPSA) is 70.2 Å². The fourth-order valence-electron chi connectivity index (χ4n) is 2.66. The Hall–Kier alpha value is -2.63. The molecule has 120 valence electrons. The van der Waals surface area contributed by atoms with E-state index in [2.05, 4.69) is 25.7 Å². The third-order valence-corrected chi connectivity index (χ3v) is 3.85. The van der Waals surface area contributed by atoms with Crippen molar-refractivity contribution in [1.29, 1.82) is 0 Å². The maximum absolute atomic E-state index is 11.9. The molecule has 2 N–H and O–H groups in total. The second-order valence-corrected chi connectivity index (χ2v) is 5.62. The van der Waals surface area contributed by atoms with Gasteiger partial charge in [0, 0.05) is 18.8 Å². The number of amides is 2. The van der Waals surface area contributed by atoms with Gasteiger partial charge in [-0.3, -0.25) is 5.32 Å². The van der Waals surface area contributed by atoms with Crippen molar-refractivity contribution in [2.75, 3.05) is 28.6 Å². The lowest BCUT2D eigenvalue weighted by atomic mass is 10.2. The van der Waals surface area contributed by atoms with E-state index in [-0.39, 0.29) is 6.03 Å². The summed E-state index contributed by atoms with van der Waals surface area (Å²) < 4.78 is 0. The number of nitrogens with zero attached hydrogens (tertiary/aromatic N) is 3. The number of hydrogen-bond donors (Lipinski definition) is 2. The van der Waals surface area contributed by atoms with E-state index in [1.165, 1.54) is 25.7 Å². The summed E-state index contributed by atoms with van der Waals surface area (Å²) in [5.41, 5.74) is 0.735. The van der Waals surface area contributed by atoms with Crippen molar-refractivity contribution in [2.45, 2.75) is 25.7 Å². The molecule has 0 saturated carbocycles. The van der Waals surface area contributed by atoms with E-state index in [0.717, 1.165) is 24.6 Å². The van der Waals surface area contributed by atoms with E-state index >= 15 is 0 Å². The summed E-state index contributed by atoms with van der Waals surface area (Å²) in [6.07, 6.45) is 4.95. The molecule has 2 amide bonds. The second-order valence-electron chi connectivity index (χ2n) is 5.62. The Kier molecular flexibility index (Phi) is 5.03. The van der Waals surface area contributed by atoms with Crippen molar-refractivity contribution in [3.05, 3.63) is 42.5 Å². The number of urea groups is 1. The van der Waals surface area contributed by atoms with Crippen LogP contribution in [0.4, 0.5) is 22.1 Å². The molecule has 23 heavy (non-hydrogen) atoms. The number of para-hydroxylation sites is 1. The molecule has 6 heteroatoms. The molecule has 0 unspecified atom stereocenters. The van der Waals surface area contributed by atoms with E-state index in [9.17, 15) is 4.79 Å². The average Bonchev–Trinajstić information content (AvgIpc) is 2.86. The number of nitrogens with one attached hydrogen (secondary N) is 2. The summed E-state index contributed by atoms with van der Waals surface area (Å²) in [6.45, 7) is 2.05. The van der Waals surface area contributed by atoms with E-state index < -0.39 is 0 Å². The van der Waals surface area contributed by atoms with Crippen molar-refractivity contribution in [3.63, 3.8) is 0 Å². The molecule has 1 aliphatic heterocycles. The fourth-order valence-corrected chi connectivity index (χ4v) is 2.66. The lowest BCUT2D eigenvalue weighted by molar-refractivity contribution is 0.262. The molecule has 3 rings (SSSR count). The van der Waals surface area contributed by atoms with Crippen LogP contribution < -0.4 is 15.5 Å². The van der Waals surface area contributed by atoms with Crippen LogP contribution in [0.15, 0.2) is 42.5 Å². The lowest BCUT2D eigenvalue weighted by Crippen LogP contribution is -2.25. The minimum Gasteiger partial charge on any atom is -0.355 e. The Bertz CT molecular complexity index is 621. The summed E-state index contributed by atoms with van der Waals surface area (Å²) >= 11 is 0. The van der Waals surface area contributed by atoms with Crippen molar-refractivity contribution in [1.82, 2.24) is 10.2 Å². The van der Waals surface area contributed by atoms with Crippen LogP contribution in [0, 0.1) is 0 Å². The third kappa shape index (κ3) is 4.42. The van der Waals surface area contributed by atoms with Crippen molar-refractivity contribution < 1.29 is 4.79 Å². The minimum atomic E-state index is -0.326. The van der Waals surface area contributed by atoms with Crippen LogP contribution in [-0.4, -0.2) is 29.3 Å². The van der Waals surface area contributed by atoms with Gasteiger partial charge in [0.05, 0.1) is 0 Å². The molecule has 0 radical (unpaired) electrons. The summed E-state index contributed by atoms with van der Waals surface area (Å²) in [5.74, 6) is 1.32. The summed E-state index contributed by atoms with van der Waals surface area (Å²) in [6, 6.07) is 12.7. The van der Waals surface area contributed by atoms with Crippen LogP contribution >= 0.6 is 0 Å². The van der Waals surface area contributed by atoms with Crippen LogP contribution in [0.2, 0.25) is 0 Å². The minimum absolute atomic E-state index is 0.326. The summed E-state index contributed by atoms with van der Waals surface area (Å²) in [7, 11) is 0. The first-order valence-corrected chi connectivity index (χ1v) is 8.03. The largest absolute Gasteiger partial charge is 0.355 e. The van der Waals surface area contributed by atoms with Gasteiger partial charge in [-0.1, -0.05) is 31.0 Å². The Labute approximate surface area is 135 Å². The highest BCUT2D eigenvalue weighted by Crippen LogP contribution is 2.17. The first-order valence-electron chi connectivity index (χ1n) is 8.03. The maximum Gasteiger partial charge on any atom is 0.324 e. The van der Waals surface area contributed by atoms with Crippen LogP contribution in [0.25, 0.3) is 0 Å². The lowest BCUT2D eigenvalue weighted by Gasteiger charge is -2.20. The summed E-state index contributed by atoms with van der Waals surface area (Å²) in [5, 5.41) is 13.8. The number of rotatable bonds is 3. The van der Waals surface area contributed by atoms with E-state index in [1.807, 2.05) is 36.4 Å². The first-order chi connectivity index (χ1) is 11.3. The fraction of sp³-hybridized carbons (Fsp3) is 0.353. The molecule has 0 atom stereocenters. The van der Waals surface area contributed by atoms with Crippen molar-refractivity contribution in [2.24, 2.45) is 0 Å². The predicted octanol–water partition coefficient (Wildman–Crippen LogP) is 3.50. The number of aromatic nitrogens is 2. The maximum atomic E-state index is 11.9. The Morgan fingerprint density at radius 2 is 1.61 bits per heavy atom. The molecule has 0 aliphatic carbocycles. The number of hydrogen-bond acceptors (Lipinski definition) is 4. The zero-order chi connectivity index (χ0) is 15.9.